The van der Waals surface area contributed by atoms with E-state index in [0.717, 1.165) is 47.3 Å². The van der Waals surface area contributed by atoms with Crippen LogP contribution in [0.2, 0.25) is 0 Å². The van der Waals surface area contributed by atoms with Crippen LogP contribution >= 0.6 is 0 Å². The van der Waals surface area contributed by atoms with Gasteiger partial charge in [-0.25, -0.2) is 4.79 Å². The molecule has 3 aromatic rings. The molecule has 0 fully saturated rings. The monoisotopic (exact) mass is 335 g/mol. The Morgan fingerprint density at radius 2 is 1.92 bits per heavy atom. The summed E-state index contributed by atoms with van der Waals surface area (Å²) in [7, 11) is 0. The van der Waals surface area contributed by atoms with E-state index in [0.29, 0.717) is 12.3 Å². The lowest BCUT2D eigenvalue weighted by Gasteiger charge is -2.30. The van der Waals surface area contributed by atoms with E-state index < -0.39 is 0 Å². The Balaban J connectivity index is 1.61. The minimum Gasteiger partial charge on any atom is -0.477 e. The number of ether oxygens (including phenoxy) is 1. The quantitative estimate of drug-likeness (QED) is 0.683. The van der Waals surface area contributed by atoms with E-state index >= 15 is 0 Å². The van der Waals surface area contributed by atoms with Gasteiger partial charge in [0.05, 0.1) is 0 Å². The maximum absolute atomic E-state index is 11.7. The molecule has 0 saturated heterocycles. The van der Waals surface area contributed by atoms with Crippen molar-refractivity contribution in [2.24, 2.45) is 0 Å². The average molecular weight is 335 g/mol. The lowest BCUT2D eigenvalue weighted by Crippen LogP contribution is -2.34. The number of hydrogen-bond donors (Lipinski definition) is 0. The van der Waals surface area contributed by atoms with Crippen LogP contribution in [0, 0.1) is 13.8 Å². The van der Waals surface area contributed by atoms with Gasteiger partial charge in [-0.15, -0.1) is 0 Å². The Labute approximate surface area is 146 Å². The zero-order valence-corrected chi connectivity index (χ0v) is 14.5. The smallest absolute Gasteiger partial charge is 0.336 e. The second kappa shape index (κ2) is 6.37. The van der Waals surface area contributed by atoms with Crippen LogP contribution < -0.4 is 10.4 Å². The molecular formula is C21H21NO3. The average Bonchev–Trinajstić information content (AvgIpc) is 2.62. The summed E-state index contributed by atoms with van der Waals surface area (Å²) in [6.07, 6.45) is 1.000. The van der Waals surface area contributed by atoms with Gasteiger partial charge in [0.2, 0.25) is 0 Å². The highest BCUT2D eigenvalue weighted by molar-refractivity contribution is 5.86. The van der Waals surface area contributed by atoms with Gasteiger partial charge in [0.25, 0.3) is 0 Å². The molecule has 0 radical (unpaired) electrons. The van der Waals surface area contributed by atoms with Crippen molar-refractivity contribution in [3.8, 4) is 5.75 Å². The van der Waals surface area contributed by atoms with E-state index in [4.69, 9.17) is 9.15 Å². The van der Waals surface area contributed by atoms with E-state index in [-0.39, 0.29) is 5.63 Å². The highest BCUT2D eigenvalue weighted by atomic mass is 16.5. The number of aryl methyl sites for hydroxylation is 2. The highest BCUT2D eigenvalue weighted by Gasteiger charge is 2.22. The largest absolute Gasteiger partial charge is 0.477 e. The summed E-state index contributed by atoms with van der Waals surface area (Å²) in [5.74, 6) is 0.859. The van der Waals surface area contributed by atoms with Crippen molar-refractivity contribution < 1.29 is 9.15 Å². The summed E-state index contributed by atoms with van der Waals surface area (Å²) >= 11 is 0. The number of rotatable bonds is 3. The third kappa shape index (κ3) is 3.05. The van der Waals surface area contributed by atoms with Gasteiger partial charge in [0.15, 0.2) is 0 Å². The molecule has 0 N–H and O–H groups in total. The van der Waals surface area contributed by atoms with Crippen LogP contribution in [0.5, 0.6) is 5.75 Å². The second-order valence-electron chi connectivity index (χ2n) is 6.68. The Bertz CT molecular complexity index is 976. The first-order valence-corrected chi connectivity index (χ1v) is 8.58. The van der Waals surface area contributed by atoms with Crippen molar-refractivity contribution in [1.29, 1.82) is 0 Å². The van der Waals surface area contributed by atoms with Crippen LogP contribution in [0.25, 0.3) is 11.0 Å². The molecule has 0 atom stereocenters. The highest BCUT2D eigenvalue weighted by Crippen LogP contribution is 2.35. The molecule has 4 heteroatoms. The summed E-state index contributed by atoms with van der Waals surface area (Å²) in [4.78, 5) is 14.0. The minimum absolute atomic E-state index is 0.312. The molecule has 2 heterocycles. The summed E-state index contributed by atoms with van der Waals surface area (Å²) in [6, 6.07) is 14.1. The summed E-state index contributed by atoms with van der Waals surface area (Å²) in [5.41, 5.74) is 4.67. The van der Waals surface area contributed by atoms with Crippen LogP contribution in [0.4, 0.5) is 0 Å². The first-order chi connectivity index (χ1) is 12.1. The van der Waals surface area contributed by atoms with Gasteiger partial charge in [-0.3, -0.25) is 4.90 Å². The number of hydrogen-bond acceptors (Lipinski definition) is 4. The van der Waals surface area contributed by atoms with Crippen LogP contribution in [0.1, 0.15) is 22.3 Å². The minimum atomic E-state index is -0.312. The molecule has 2 aromatic carbocycles. The van der Waals surface area contributed by atoms with E-state index in [9.17, 15) is 4.79 Å². The van der Waals surface area contributed by atoms with E-state index in [1.165, 1.54) is 5.56 Å². The topological polar surface area (TPSA) is 42.7 Å². The van der Waals surface area contributed by atoms with Gasteiger partial charge in [-0.05, 0) is 37.5 Å². The van der Waals surface area contributed by atoms with Crippen LogP contribution in [-0.2, 0) is 13.0 Å². The SMILES string of the molecule is Cc1cc(=O)oc2c(C)c3c(cc12)CN(CCc1ccccc1)CO3. The van der Waals surface area contributed by atoms with Crippen LogP contribution in [0.3, 0.4) is 0 Å². The number of nitrogens with zero attached hydrogens (tertiary/aromatic N) is 1. The Kier molecular flexibility index (Phi) is 4.06. The van der Waals surface area contributed by atoms with Crippen molar-refractivity contribution in [2.45, 2.75) is 26.8 Å². The van der Waals surface area contributed by atoms with E-state index in [1.807, 2.05) is 19.9 Å². The predicted octanol–water partition coefficient (Wildman–Crippen LogP) is 3.80. The fourth-order valence-electron chi connectivity index (χ4n) is 3.50. The van der Waals surface area contributed by atoms with E-state index in [1.54, 1.807) is 6.07 Å². The summed E-state index contributed by atoms with van der Waals surface area (Å²) in [5, 5.41) is 0.990. The molecule has 1 aromatic heterocycles. The fourth-order valence-corrected chi connectivity index (χ4v) is 3.50. The maximum Gasteiger partial charge on any atom is 0.336 e. The van der Waals surface area contributed by atoms with Crippen molar-refractivity contribution in [1.82, 2.24) is 4.90 Å². The molecule has 4 nitrogen and oxygen atoms in total. The molecule has 0 bridgehead atoms. The molecular weight excluding hydrogens is 314 g/mol. The lowest BCUT2D eigenvalue weighted by atomic mass is 10.0. The van der Waals surface area contributed by atoms with Crippen LogP contribution in [-0.4, -0.2) is 18.2 Å². The summed E-state index contributed by atoms with van der Waals surface area (Å²) < 4.78 is 11.4. The molecule has 0 amide bonds. The van der Waals surface area contributed by atoms with Gasteiger partial charge in [0, 0.05) is 35.7 Å². The molecule has 0 unspecified atom stereocenters. The van der Waals surface area contributed by atoms with E-state index in [2.05, 4.69) is 35.2 Å². The zero-order valence-electron chi connectivity index (χ0n) is 14.5. The van der Waals surface area contributed by atoms with Gasteiger partial charge in [-0.2, -0.15) is 0 Å². The molecule has 1 aliphatic rings. The molecule has 1 aliphatic heterocycles. The molecule has 25 heavy (non-hydrogen) atoms. The predicted molar refractivity (Wildman–Crippen MR) is 98.0 cm³/mol. The van der Waals surface area contributed by atoms with Gasteiger partial charge < -0.3 is 9.15 Å². The fraction of sp³-hybridized carbons (Fsp3) is 0.286. The van der Waals surface area contributed by atoms with Gasteiger partial charge >= 0.3 is 5.63 Å². The molecule has 0 saturated carbocycles. The number of fused-ring (bicyclic) bond motifs is 2. The maximum atomic E-state index is 11.7. The standard InChI is InChI=1S/C21H21NO3/c1-14-10-19(23)25-21-15(2)20-17(11-18(14)21)12-22(13-24-20)9-8-16-6-4-3-5-7-16/h3-7,10-11H,8-9,12-13H2,1-2H3. The molecule has 0 aliphatic carbocycles. The van der Waals surface area contributed by atoms with Crippen LogP contribution in [0.15, 0.2) is 51.7 Å². The lowest BCUT2D eigenvalue weighted by molar-refractivity contribution is 0.0959. The Hall–Kier alpha value is -2.59. The molecule has 128 valence electrons. The zero-order chi connectivity index (χ0) is 17.4. The Morgan fingerprint density at radius 3 is 2.72 bits per heavy atom. The van der Waals surface area contributed by atoms with Gasteiger partial charge in [-0.1, -0.05) is 30.3 Å². The third-order valence-electron chi connectivity index (χ3n) is 4.84. The van der Waals surface area contributed by atoms with Crippen molar-refractivity contribution in [3.05, 3.63) is 75.1 Å². The first-order valence-electron chi connectivity index (χ1n) is 8.58. The normalized spacial score (nSPS) is 14.3. The first kappa shape index (κ1) is 15.9. The van der Waals surface area contributed by atoms with Crippen molar-refractivity contribution in [2.75, 3.05) is 13.3 Å². The van der Waals surface area contributed by atoms with Crippen molar-refractivity contribution in [3.63, 3.8) is 0 Å². The molecule has 0 spiro atoms. The third-order valence-corrected chi connectivity index (χ3v) is 4.84. The second-order valence-corrected chi connectivity index (χ2v) is 6.68. The molecule has 4 rings (SSSR count). The van der Waals surface area contributed by atoms with Gasteiger partial charge in [0.1, 0.15) is 18.1 Å². The Morgan fingerprint density at radius 1 is 1.12 bits per heavy atom. The number of benzene rings is 2. The van der Waals surface area contributed by atoms with Crippen molar-refractivity contribution >= 4 is 11.0 Å². The summed E-state index contributed by atoms with van der Waals surface area (Å²) in [6.45, 7) is 6.26.